The van der Waals surface area contributed by atoms with Crippen LogP contribution in [0.2, 0.25) is 0 Å². The number of hydrogen-bond donors (Lipinski definition) is 4. The maximum absolute atomic E-state index is 11.9. The average Bonchev–Trinajstić information content (AvgIpc) is 2.58. The van der Waals surface area contributed by atoms with Crippen molar-refractivity contribution < 1.29 is 23.9 Å². The summed E-state index contributed by atoms with van der Waals surface area (Å²) < 4.78 is 10.4. The lowest BCUT2D eigenvalue weighted by Crippen LogP contribution is -2.38. The topological polar surface area (TPSA) is 118 Å². The number of methoxy groups -OCH3 is 1. The van der Waals surface area contributed by atoms with Gasteiger partial charge in [0.1, 0.15) is 16.7 Å². The fraction of sp³-hybridized carbons (Fsp3) is 0.500. The van der Waals surface area contributed by atoms with Gasteiger partial charge in [-0.2, -0.15) is 0 Å². The van der Waals surface area contributed by atoms with Crippen LogP contribution in [0.5, 0.6) is 5.75 Å². The van der Waals surface area contributed by atoms with Crippen molar-refractivity contribution in [2.24, 2.45) is 0 Å². The monoisotopic (exact) mass is 414 g/mol. The van der Waals surface area contributed by atoms with Gasteiger partial charge < -0.3 is 25.4 Å². The molecule has 1 atom stereocenters. The number of halogens is 1. The van der Waals surface area contributed by atoms with Gasteiger partial charge in [-0.1, -0.05) is 0 Å². The first-order valence-electron chi connectivity index (χ1n) is 8.66. The summed E-state index contributed by atoms with van der Waals surface area (Å²) in [4.78, 5) is 35.1. The molecule has 0 aliphatic carbocycles. The zero-order valence-corrected chi connectivity index (χ0v) is 17.4. The van der Waals surface area contributed by atoms with E-state index in [0.717, 1.165) is 0 Å². The summed E-state index contributed by atoms with van der Waals surface area (Å²) in [6.07, 6.45) is -0.613. The molecule has 0 fully saturated rings. The molecule has 0 saturated heterocycles. The quantitative estimate of drug-likeness (QED) is 0.404. The van der Waals surface area contributed by atoms with Gasteiger partial charge in [0.15, 0.2) is 0 Å². The van der Waals surface area contributed by atoms with Crippen LogP contribution in [0.3, 0.4) is 0 Å². The number of urea groups is 1. The molecule has 0 aromatic heterocycles. The molecule has 28 heavy (non-hydrogen) atoms. The van der Waals surface area contributed by atoms with E-state index in [4.69, 9.17) is 21.1 Å². The number of alkyl halides is 1. The fourth-order valence-corrected chi connectivity index (χ4v) is 2.04. The lowest BCUT2D eigenvalue weighted by Gasteiger charge is -2.20. The van der Waals surface area contributed by atoms with Crippen molar-refractivity contribution >= 4 is 41.0 Å². The first-order chi connectivity index (χ1) is 13.0. The van der Waals surface area contributed by atoms with E-state index in [1.807, 2.05) is 0 Å². The van der Waals surface area contributed by atoms with Crippen LogP contribution in [-0.4, -0.2) is 49.2 Å². The predicted octanol–water partition coefficient (Wildman–Crippen LogP) is 2.91. The number of benzene rings is 1. The van der Waals surface area contributed by atoms with Gasteiger partial charge >= 0.3 is 12.1 Å². The van der Waals surface area contributed by atoms with Crippen LogP contribution >= 0.6 is 11.6 Å². The van der Waals surface area contributed by atoms with Crippen LogP contribution in [0.25, 0.3) is 0 Å². The van der Waals surface area contributed by atoms with E-state index in [-0.39, 0.29) is 19.0 Å². The van der Waals surface area contributed by atoms with Gasteiger partial charge in [-0.05, 0) is 39.8 Å². The molecule has 0 saturated carbocycles. The van der Waals surface area contributed by atoms with Crippen molar-refractivity contribution in [3.05, 3.63) is 18.2 Å². The molecule has 9 nitrogen and oxygen atoms in total. The Balaban J connectivity index is 2.57. The molecule has 0 spiro atoms. The van der Waals surface area contributed by atoms with E-state index in [1.165, 1.54) is 7.11 Å². The summed E-state index contributed by atoms with van der Waals surface area (Å²) in [5.41, 5.74) is 0.237. The van der Waals surface area contributed by atoms with E-state index in [0.29, 0.717) is 17.1 Å². The summed E-state index contributed by atoms with van der Waals surface area (Å²) >= 11 is 5.62. The van der Waals surface area contributed by atoms with Crippen LogP contribution in [0.15, 0.2) is 18.2 Å². The third-order valence-electron chi connectivity index (χ3n) is 3.17. The Morgan fingerprint density at radius 3 is 2.32 bits per heavy atom. The average molecular weight is 415 g/mol. The van der Waals surface area contributed by atoms with Gasteiger partial charge in [0.2, 0.25) is 5.91 Å². The molecule has 0 aliphatic heterocycles. The second-order valence-electron chi connectivity index (χ2n) is 6.83. The third-order valence-corrected chi connectivity index (χ3v) is 3.36. The van der Waals surface area contributed by atoms with Gasteiger partial charge in [-0.3, -0.25) is 10.1 Å². The van der Waals surface area contributed by atoms with Crippen molar-refractivity contribution in [1.82, 2.24) is 10.6 Å². The number of rotatable bonds is 7. The lowest BCUT2D eigenvalue weighted by atomic mass is 10.2. The number of anilines is 2. The van der Waals surface area contributed by atoms with E-state index >= 15 is 0 Å². The van der Waals surface area contributed by atoms with Crippen LogP contribution in [0, 0.1) is 0 Å². The third kappa shape index (κ3) is 8.81. The second-order valence-corrected chi connectivity index (χ2v) is 7.48. The Morgan fingerprint density at radius 2 is 1.75 bits per heavy atom. The molecule has 0 aliphatic rings. The highest BCUT2D eigenvalue weighted by atomic mass is 35.5. The van der Waals surface area contributed by atoms with Crippen molar-refractivity contribution in [1.29, 1.82) is 0 Å². The lowest BCUT2D eigenvalue weighted by molar-refractivity contribution is -0.120. The summed E-state index contributed by atoms with van der Waals surface area (Å²) in [6.45, 7) is 7.33. The highest BCUT2D eigenvalue weighted by molar-refractivity contribution is 6.30. The minimum absolute atomic E-state index is 0.233. The van der Waals surface area contributed by atoms with Crippen molar-refractivity contribution in [2.75, 3.05) is 30.8 Å². The molecule has 1 aromatic rings. The Hall–Kier alpha value is -2.68. The molecule has 0 radical (unpaired) electrons. The molecule has 0 heterocycles. The number of ether oxygens (including phenoxy) is 2. The first kappa shape index (κ1) is 23.4. The van der Waals surface area contributed by atoms with E-state index in [1.54, 1.807) is 45.9 Å². The van der Waals surface area contributed by atoms with Gasteiger partial charge in [0.05, 0.1) is 12.8 Å². The first-order valence-corrected chi connectivity index (χ1v) is 9.10. The van der Waals surface area contributed by atoms with Crippen molar-refractivity contribution in [3.63, 3.8) is 0 Å². The predicted molar refractivity (Wildman–Crippen MR) is 108 cm³/mol. The summed E-state index contributed by atoms with van der Waals surface area (Å²) in [6, 6.07) is 4.29. The number of carbonyl (C=O) groups is 3. The van der Waals surface area contributed by atoms with E-state index in [2.05, 4.69) is 21.3 Å². The Labute approximate surface area is 169 Å². The van der Waals surface area contributed by atoms with E-state index < -0.39 is 23.1 Å². The standard InChI is InChI=1S/C18H27ClN4O5/c1-11(19)15(24)20-8-9-21-16(25)22-12-6-7-13(14(10-12)27-5)23-17(26)28-18(2,3)4/h6-7,10-11H,8-9H2,1-5H3,(H,20,24)(H,23,26)(H2,21,22,25). The maximum atomic E-state index is 11.9. The number of hydrogen-bond acceptors (Lipinski definition) is 5. The van der Waals surface area contributed by atoms with Crippen molar-refractivity contribution in [2.45, 2.75) is 38.7 Å². The van der Waals surface area contributed by atoms with Gasteiger partial charge in [-0.25, -0.2) is 9.59 Å². The van der Waals surface area contributed by atoms with Crippen molar-refractivity contribution in [3.8, 4) is 5.75 Å². The van der Waals surface area contributed by atoms with Gasteiger partial charge in [-0.15, -0.1) is 11.6 Å². The highest BCUT2D eigenvalue weighted by Crippen LogP contribution is 2.28. The van der Waals surface area contributed by atoms with E-state index in [9.17, 15) is 14.4 Å². The zero-order chi connectivity index (χ0) is 21.3. The molecular formula is C18H27ClN4O5. The summed E-state index contributed by atoms with van der Waals surface area (Å²) in [5.74, 6) is 0.0497. The van der Waals surface area contributed by atoms with Crippen LogP contribution < -0.4 is 26.0 Å². The molecule has 1 rings (SSSR count). The smallest absolute Gasteiger partial charge is 0.412 e. The molecule has 4 amide bonds. The van der Waals surface area contributed by atoms with Gasteiger partial charge in [0.25, 0.3) is 0 Å². The largest absolute Gasteiger partial charge is 0.494 e. The molecule has 0 bridgehead atoms. The van der Waals surface area contributed by atoms with Crippen LogP contribution in [0.4, 0.5) is 21.0 Å². The number of nitrogens with one attached hydrogen (secondary N) is 4. The summed E-state index contributed by atoms with van der Waals surface area (Å²) in [7, 11) is 1.44. The zero-order valence-electron chi connectivity index (χ0n) is 16.6. The van der Waals surface area contributed by atoms with Gasteiger partial charge in [0, 0.05) is 24.8 Å². The normalized spacial score (nSPS) is 11.8. The Bertz CT molecular complexity index is 704. The summed E-state index contributed by atoms with van der Waals surface area (Å²) in [5, 5.41) is 9.77. The Kier molecular flexibility index (Phi) is 8.84. The highest BCUT2D eigenvalue weighted by Gasteiger charge is 2.18. The minimum Gasteiger partial charge on any atom is -0.494 e. The molecule has 1 aromatic carbocycles. The minimum atomic E-state index is -0.630. The second kappa shape index (κ2) is 10.6. The fourth-order valence-electron chi connectivity index (χ4n) is 1.96. The maximum Gasteiger partial charge on any atom is 0.412 e. The SMILES string of the molecule is COc1cc(NC(=O)NCCNC(=O)C(C)Cl)ccc1NC(=O)OC(C)(C)C. The number of amides is 4. The van der Waals surface area contributed by atoms with Crippen LogP contribution in [0.1, 0.15) is 27.7 Å². The molecule has 4 N–H and O–H groups in total. The molecule has 156 valence electrons. The molecular weight excluding hydrogens is 388 g/mol. The van der Waals surface area contributed by atoms with Crippen LogP contribution in [-0.2, 0) is 9.53 Å². The Morgan fingerprint density at radius 1 is 1.11 bits per heavy atom. The molecule has 1 unspecified atom stereocenters. The number of carbonyl (C=O) groups excluding carboxylic acids is 3. The molecule has 10 heteroatoms.